The van der Waals surface area contributed by atoms with Crippen LogP contribution in [0, 0.1) is 24.2 Å². The van der Waals surface area contributed by atoms with Crippen molar-refractivity contribution in [3.63, 3.8) is 0 Å². The third-order valence-corrected chi connectivity index (χ3v) is 3.81. The summed E-state index contributed by atoms with van der Waals surface area (Å²) < 4.78 is 0. The molecule has 5 nitrogen and oxygen atoms in total. The van der Waals surface area contributed by atoms with Gasteiger partial charge in [0.25, 0.3) is 0 Å². The summed E-state index contributed by atoms with van der Waals surface area (Å²) in [4.78, 5) is 20.6. The quantitative estimate of drug-likeness (QED) is 0.834. The maximum Gasteiger partial charge on any atom is 0.225 e. The number of rotatable bonds is 2. The Morgan fingerprint density at radius 3 is 2.71 bits per heavy atom. The summed E-state index contributed by atoms with van der Waals surface area (Å²) in [6, 6.07) is 6.02. The lowest BCUT2D eigenvalue weighted by atomic mass is 10.2. The standard InChI is InChI=1S/C16H22N4O/c1-12(2)16(21)20-8-4-7-19(9-10-20)15-6-5-13(3)14(11-17)18-15/h5-6,12H,4,7-10H2,1-3H3. The van der Waals surface area contributed by atoms with Crippen LogP contribution in [0.4, 0.5) is 5.82 Å². The van der Waals surface area contributed by atoms with Gasteiger partial charge in [-0.05, 0) is 25.0 Å². The molecule has 0 spiro atoms. The zero-order valence-electron chi connectivity index (χ0n) is 13.0. The van der Waals surface area contributed by atoms with E-state index in [1.165, 1.54) is 0 Å². The Kier molecular flexibility index (Phi) is 4.79. The van der Waals surface area contributed by atoms with Crippen molar-refractivity contribution in [2.24, 2.45) is 5.92 Å². The van der Waals surface area contributed by atoms with Crippen LogP contribution in [0.25, 0.3) is 0 Å². The van der Waals surface area contributed by atoms with Crippen molar-refractivity contribution in [2.45, 2.75) is 27.2 Å². The normalized spacial score (nSPS) is 15.8. The summed E-state index contributed by atoms with van der Waals surface area (Å²) in [5.74, 6) is 1.08. The van der Waals surface area contributed by atoms with Crippen LogP contribution in [0.1, 0.15) is 31.5 Å². The summed E-state index contributed by atoms with van der Waals surface area (Å²) >= 11 is 0. The third kappa shape index (κ3) is 3.52. The molecule has 1 aliphatic rings. The van der Waals surface area contributed by atoms with Crippen LogP contribution in [0.15, 0.2) is 12.1 Å². The average molecular weight is 286 g/mol. The first kappa shape index (κ1) is 15.3. The van der Waals surface area contributed by atoms with Crippen molar-refractivity contribution >= 4 is 11.7 Å². The van der Waals surface area contributed by atoms with Gasteiger partial charge in [-0.3, -0.25) is 4.79 Å². The molecule has 0 aliphatic carbocycles. The van der Waals surface area contributed by atoms with Crippen LogP contribution in [0.5, 0.6) is 0 Å². The Morgan fingerprint density at radius 1 is 1.29 bits per heavy atom. The smallest absolute Gasteiger partial charge is 0.225 e. The molecule has 21 heavy (non-hydrogen) atoms. The van der Waals surface area contributed by atoms with Gasteiger partial charge < -0.3 is 9.80 Å². The second kappa shape index (κ2) is 6.57. The van der Waals surface area contributed by atoms with E-state index in [1.807, 2.05) is 37.8 Å². The van der Waals surface area contributed by atoms with Gasteiger partial charge in [0, 0.05) is 32.1 Å². The van der Waals surface area contributed by atoms with E-state index in [4.69, 9.17) is 5.26 Å². The molecule has 112 valence electrons. The molecule has 2 rings (SSSR count). The zero-order valence-corrected chi connectivity index (χ0v) is 13.0. The zero-order chi connectivity index (χ0) is 15.4. The number of carbonyl (C=O) groups excluding carboxylic acids is 1. The molecule has 1 aliphatic heterocycles. The predicted molar refractivity (Wildman–Crippen MR) is 81.9 cm³/mol. The fourth-order valence-electron chi connectivity index (χ4n) is 2.54. The van der Waals surface area contributed by atoms with Crippen LogP contribution in [0.3, 0.4) is 0 Å². The fraction of sp³-hybridized carbons (Fsp3) is 0.562. The summed E-state index contributed by atoms with van der Waals surface area (Å²) in [5, 5.41) is 9.09. The Hall–Kier alpha value is -2.09. The number of aryl methyl sites for hydroxylation is 1. The minimum Gasteiger partial charge on any atom is -0.355 e. The first-order valence-electron chi connectivity index (χ1n) is 7.44. The van der Waals surface area contributed by atoms with E-state index in [1.54, 1.807) is 0 Å². The van der Waals surface area contributed by atoms with Crippen LogP contribution < -0.4 is 4.90 Å². The number of pyridine rings is 1. The number of amides is 1. The van der Waals surface area contributed by atoms with Crippen molar-refractivity contribution in [1.29, 1.82) is 5.26 Å². The number of anilines is 1. The summed E-state index contributed by atoms with van der Waals surface area (Å²) in [7, 11) is 0. The highest BCUT2D eigenvalue weighted by atomic mass is 16.2. The highest BCUT2D eigenvalue weighted by Gasteiger charge is 2.21. The topological polar surface area (TPSA) is 60.2 Å². The Morgan fingerprint density at radius 2 is 2.05 bits per heavy atom. The number of aromatic nitrogens is 1. The monoisotopic (exact) mass is 286 g/mol. The van der Waals surface area contributed by atoms with E-state index in [-0.39, 0.29) is 11.8 Å². The molecule has 0 aromatic carbocycles. The van der Waals surface area contributed by atoms with Gasteiger partial charge in [0.05, 0.1) is 0 Å². The minimum absolute atomic E-state index is 0.0410. The molecular formula is C16H22N4O. The van der Waals surface area contributed by atoms with E-state index >= 15 is 0 Å². The van der Waals surface area contributed by atoms with Crippen molar-refractivity contribution in [2.75, 3.05) is 31.1 Å². The van der Waals surface area contributed by atoms with E-state index in [0.29, 0.717) is 12.2 Å². The largest absolute Gasteiger partial charge is 0.355 e. The Labute approximate surface area is 126 Å². The van der Waals surface area contributed by atoms with E-state index in [2.05, 4.69) is 16.0 Å². The molecule has 0 atom stereocenters. The highest BCUT2D eigenvalue weighted by molar-refractivity contribution is 5.78. The lowest BCUT2D eigenvalue weighted by Crippen LogP contribution is -2.37. The lowest BCUT2D eigenvalue weighted by molar-refractivity contribution is -0.134. The van der Waals surface area contributed by atoms with Crippen molar-refractivity contribution in [3.05, 3.63) is 23.4 Å². The number of nitriles is 1. The summed E-state index contributed by atoms with van der Waals surface area (Å²) in [6.45, 7) is 8.90. The molecule has 5 heteroatoms. The highest BCUT2D eigenvalue weighted by Crippen LogP contribution is 2.17. The third-order valence-electron chi connectivity index (χ3n) is 3.81. The van der Waals surface area contributed by atoms with Crippen LogP contribution in [-0.4, -0.2) is 42.0 Å². The van der Waals surface area contributed by atoms with Gasteiger partial charge in [-0.1, -0.05) is 19.9 Å². The second-order valence-corrected chi connectivity index (χ2v) is 5.77. The first-order valence-corrected chi connectivity index (χ1v) is 7.44. The van der Waals surface area contributed by atoms with Crippen molar-refractivity contribution < 1.29 is 4.79 Å². The fourth-order valence-corrected chi connectivity index (χ4v) is 2.54. The molecule has 0 saturated carbocycles. The molecule has 1 amide bonds. The maximum atomic E-state index is 12.1. The van der Waals surface area contributed by atoms with Crippen LogP contribution in [0.2, 0.25) is 0 Å². The molecule has 0 radical (unpaired) electrons. The Balaban J connectivity index is 2.10. The van der Waals surface area contributed by atoms with E-state index in [9.17, 15) is 4.79 Å². The number of hydrogen-bond donors (Lipinski definition) is 0. The summed E-state index contributed by atoms with van der Waals surface area (Å²) in [6.07, 6.45) is 0.926. The lowest BCUT2D eigenvalue weighted by Gasteiger charge is -2.24. The first-order chi connectivity index (χ1) is 10.0. The molecule has 2 heterocycles. The van der Waals surface area contributed by atoms with Gasteiger partial charge in [0.1, 0.15) is 17.6 Å². The van der Waals surface area contributed by atoms with Gasteiger partial charge in [-0.25, -0.2) is 4.98 Å². The number of hydrogen-bond acceptors (Lipinski definition) is 4. The second-order valence-electron chi connectivity index (χ2n) is 5.77. The summed E-state index contributed by atoms with van der Waals surface area (Å²) in [5.41, 5.74) is 1.37. The SMILES string of the molecule is Cc1ccc(N2CCCN(C(=O)C(C)C)CC2)nc1C#N. The van der Waals surface area contributed by atoms with Crippen LogP contribution >= 0.6 is 0 Å². The van der Waals surface area contributed by atoms with Gasteiger partial charge in [0.15, 0.2) is 0 Å². The van der Waals surface area contributed by atoms with Gasteiger partial charge >= 0.3 is 0 Å². The van der Waals surface area contributed by atoms with Gasteiger partial charge in [-0.2, -0.15) is 5.26 Å². The molecular weight excluding hydrogens is 264 g/mol. The molecule has 0 N–H and O–H groups in total. The molecule has 1 aromatic rings. The maximum absolute atomic E-state index is 12.1. The Bertz CT molecular complexity index is 562. The van der Waals surface area contributed by atoms with E-state index in [0.717, 1.165) is 37.4 Å². The molecule has 0 unspecified atom stereocenters. The number of nitrogens with zero attached hydrogens (tertiary/aromatic N) is 4. The van der Waals surface area contributed by atoms with Crippen LogP contribution in [-0.2, 0) is 4.79 Å². The molecule has 1 saturated heterocycles. The van der Waals surface area contributed by atoms with Gasteiger partial charge in [-0.15, -0.1) is 0 Å². The van der Waals surface area contributed by atoms with Crippen molar-refractivity contribution in [1.82, 2.24) is 9.88 Å². The molecule has 1 aromatic heterocycles. The van der Waals surface area contributed by atoms with E-state index < -0.39 is 0 Å². The average Bonchev–Trinajstić information content (AvgIpc) is 2.72. The minimum atomic E-state index is 0.0410. The molecule has 0 bridgehead atoms. The molecule has 1 fully saturated rings. The van der Waals surface area contributed by atoms with Crippen molar-refractivity contribution in [3.8, 4) is 6.07 Å². The predicted octanol–water partition coefficient (Wildman–Crippen LogP) is 1.96. The number of carbonyl (C=O) groups is 1. The van der Waals surface area contributed by atoms with Gasteiger partial charge in [0.2, 0.25) is 5.91 Å².